The lowest BCUT2D eigenvalue weighted by Gasteiger charge is -2.35. The minimum absolute atomic E-state index is 0.239. The summed E-state index contributed by atoms with van der Waals surface area (Å²) in [6.07, 6.45) is 2.47. The molecule has 1 saturated heterocycles. The summed E-state index contributed by atoms with van der Waals surface area (Å²) in [5.41, 5.74) is 1.95. The summed E-state index contributed by atoms with van der Waals surface area (Å²) in [4.78, 5) is 23.1. The van der Waals surface area contributed by atoms with Gasteiger partial charge in [-0.15, -0.1) is 0 Å². The van der Waals surface area contributed by atoms with Crippen molar-refractivity contribution < 1.29 is 13.9 Å². The van der Waals surface area contributed by atoms with Crippen LogP contribution >= 0.6 is 0 Å². The number of carbonyl (C=O) groups is 1. The van der Waals surface area contributed by atoms with Crippen molar-refractivity contribution in [2.24, 2.45) is 4.99 Å². The topological polar surface area (TPSA) is 73.0 Å². The van der Waals surface area contributed by atoms with Gasteiger partial charge < -0.3 is 24.8 Å². The molecule has 1 fully saturated rings. The molecule has 0 unspecified atom stereocenters. The maximum atomic E-state index is 13.3. The van der Waals surface area contributed by atoms with Crippen LogP contribution in [0.3, 0.4) is 0 Å². The van der Waals surface area contributed by atoms with E-state index in [1.54, 1.807) is 18.0 Å². The molecular formula is C19H26FN5O2. The van der Waals surface area contributed by atoms with E-state index in [0.29, 0.717) is 32.8 Å². The molecule has 0 atom stereocenters. The second-order valence-corrected chi connectivity index (χ2v) is 6.40. The molecule has 0 bridgehead atoms. The van der Waals surface area contributed by atoms with Crippen molar-refractivity contribution in [1.82, 2.24) is 20.1 Å². The van der Waals surface area contributed by atoms with Gasteiger partial charge in [0.25, 0.3) is 0 Å². The van der Waals surface area contributed by atoms with Crippen LogP contribution in [0.25, 0.3) is 10.9 Å². The molecule has 3 rings (SSSR count). The Kier molecular flexibility index (Phi) is 6.16. The molecule has 2 aromatic rings. The molecule has 8 heteroatoms. The van der Waals surface area contributed by atoms with E-state index in [-0.39, 0.29) is 11.9 Å². The van der Waals surface area contributed by atoms with Gasteiger partial charge in [0.15, 0.2) is 5.96 Å². The number of benzene rings is 1. The zero-order chi connectivity index (χ0) is 19.2. The molecule has 0 aliphatic carbocycles. The lowest BCUT2D eigenvalue weighted by molar-refractivity contribution is 0.0915. The van der Waals surface area contributed by atoms with E-state index in [2.05, 4.69) is 20.2 Å². The number of nitrogens with zero attached hydrogens (tertiary/aromatic N) is 3. The third kappa shape index (κ3) is 4.50. The summed E-state index contributed by atoms with van der Waals surface area (Å²) in [6, 6.07) is 4.79. The van der Waals surface area contributed by atoms with E-state index < -0.39 is 0 Å². The van der Waals surface area contributed by atoms with Crippen molar-refractivity contribution in [3.05, 3.63) is 35.8 Å². The van der Waals surface area contributed by atoms with Gasteiger partial charge in [0.1, 0.15) is 5.82 Å². The van der Waals surface area contributed by atoms with Crippen LogP contribution < -0.4 is 5.32 Å². The zero-order valence-corrected chi connectivity index (χ0v) is 15.8. The van der Waals surface area contributed by atoms with Gasteiger partial charge in [0, 0.05) is 56.9 Å². The smallest absolute Gasteiger partial charge is 0.409 e. The highest BCUT2D eigenvalue weighted by Gasteiger charge is 2.23. The first kappa shape index (κ1) is 19.0. The second kappa shape index (κ2) is 8.75. The lowest BCUT2D eigenvalue weighted by Crippen LogP contribution is -2.54. The number of piperazine rings is 1. The molecule has 1 aromatic carbocycles. The zero-order valence-electron chi connectivity index (χ0n) is 15.8. The monoisotopic (exact) mass is 375 g/mol. The average molecular weight is 375 g/mol. The molecule has 0 spiro atoms. The Hall–Kier alpha value is -2.77. The molecule has 2 heterocycles. The van der Waals surface area contributed by atoms with Crippen LogP contribution in [0.2, 0.25) is 0 Å². The maximum absolute atomic E-state index is 13.3. The molecule has 1 amide bonds. The highest BCUT2D eigenvalue weighted by Crippen LogP contribution is 2.19. The van der Waals surface area contributed by atoms with Crippen molar-refractivity contribution in [3.8, 4) is 0 Å². The maximum Gasteiger partial charge on any atom is 0.409 e. The number of carbonyl (C=O) groups excluding carboxylic acids is 1. The average Bonchev–Trinajstić information content (AvgIpc) is 3.07. The molecule has 0 radical (unpaired) electrons. The first-order chi connectivity index (χ1) is 13.1. The molecule has 0 saturated carbocycles. The number of rotatable bonds is 4. The van der Waals surface area contributed by atoms with E-state index in [9.17, 15) is 9.18 Å². The van der Waals surface area contributed by atoms with Crippen LogP contribution in [0.1, 0.15) is 12.5 Å². The summed E-state index contributed by atoms with van der Waals surface area (Å²) in [7, 11) is 1.76. The SMILES string of the molecule is CCOC(=O)N1CCN(C(=NC)NCCc2c[nH]c3cc(F)ccc23)CC1. The number of nitrogens with one attached hydrogen (secondary N) is 2. The van der Waals surface area contributed by atoms with Crippen molar-refractivity contribution in [1.29, 1.82) is 0 Å². The van der Waals surface area contributed by atoms with Gasteiger partial charge in [-0.25, -0.2) is 9.18 Å². The molecule has 1 aliphatic heterocycles. The number of hydrogen-bond donors (Lipinski definition) is 2. The van der Waals surface area contributed by atoms with Crippen LogP contribution in [-0.2, 0) is 11.2 Å². The number of aromatic nitrogens is 1. The molecule has 2 N–H and O–H groups in total. The minimum Gasteiger partial charge on any atom is -0.450 e. The predicted molar refractivity (Wildman–Crippen MR) is 103 cm³/mol. The highest BCUT2D eigenvalue weighted by atomic mass is 19.1. The summed E-state index contributed by atoms with van der Waals surface area (Å²) < 4.78 is 18.3. The Balaban J connectivity index is 1.50. The van der Waals surface area contributed by atoms with E-state index in [0.717, 1.165) is 35.4 Å². The van der Waals surface area contributed by atoms with Crippen LogP contribution in [0.4, 0.5) is 9.18 Å². The van der Waals surface area contributed by atoms with Crippen molar-refractivity contribution in [2.45, 2.75) is 13.3 Å². The molecule has 1 aromatic heterocycles. The Morgan fingerprint density at radius 2 is 2.04 bits per heavy atom. The normalized spacial score (nSPS) is 15.3. The molecule has 7 nitrogen and oxygen atoms in total. The number of ether oxygens (including phenoxy) is 1. The number of aromatic amines is 1. The predicted octanol–water partition coefficient (Wildman–Crippen LogP) is 2.20. The number of fused-ring (bicyclic) bond motifs is 1. The van der Waals surface area contributed by atoms with E-state index in [1.165, 1.54) is 12.1 Å². The molecule has 1 aliphatic rings. The van der Waals surface area contributed by atoms with E-state index >= 15 is 0 Å². The molecule has 27 heavy (non-hydrogen) atoms. The molecular weight excluding hydrogens is 349 g/mol. The molecule has 146 valence electrons. The Labute approximate surface area is 158 Å². The number of H-pyrrole nitrogens is 1. The van der Waals surface area contributed by atoms with Gasteiger partial charge in [-0.2, -0.15) is 0 Å². The largest absolute Gasteiger partial charge is 0.450 e. The highest BCUT2D eigenvalue weighted by molar-refractivity contribution is 5.83. The summed E-state index contributed by atoms with van der Waals surface area (Å²) in [5, 5.41) is 4.41. The quantitative estimate of drug-likeness (QED) is 0.635. The van der Waals surface area contributed by atoms with Gasteiger partial charge in [-0.3, -0.25) is 4.99 Å². The van der Waals surface area contributed by atoms with Crippen molar-refractivity contribution in [2.75, 3.05) is 46.4 Å². The first-order valence-electron chi connectivity index (χ1n) is 9.25. The number of aliphatic imine (C=N–C) groups is 1. The van der Waals surface area contributed by atoms with Crippen LogP contribution in [0, 0.1) is 5.82 Å². The Morgan fingerprint density at radius 1 is 1.30 bits per heavy atom. The van der Waals surface area contributed by atoms with Crippen LogP contribution in [0.15, 0.2) is 29.4 Å². The fourth-order valence-electron chi connectivity index (χ4n) is 3.32. The number of guanidine groups is 1. The summed E-state index contributed by atoms with van der Waals surface area (Å²) >= 11 is 0. The van der Waals surface area contributed by atoms with Gasteiger partial charge in [-0.1, -0.05) is 0 Å². The second-order valence-electron chi connectivity index (χ2n) is 6.40. The number of amides is 1. The first-order valence-corrected chi connectivity index (χ1v) is 9.25. The minimum atomic E-state index is -0.254. The van der Waals surface area contributed by atoms with Crippen molar-refractivity contribution in [3.63, 3.8) is 0 Å². The van der Waals surface area contributed by atoms with Crippen LogP contribution in [0.5, 0.6) is 0 Å². The van der Waals surface area contributed by atoms with Crippen molar-refractivity contribution >= 4 is 23.0 Å². The van der Waals surface area contributed by atoms with Crippen LogP contribution in [-0.4, -0.2) is 73.2 Å². The Bertz CT molecular complexity index is 812. The Morgan fingerprint density at radius 3 is 2.74 bits per heavy atom. The fraction of sp³-hybridized carbons (Fsp3) is 0.474. The van der Waals surface area contributed by atoms with Gasteiger partial charge in [-0.05, 0) is 37.1 Å². The van der Waals surface area contributed by atoms with E-state index in [4.69, 9.17) is 4.74 Å². The van der Waals surface area contributed by atoms with Gasteiger partial charge >= 0.3 is 6.09 Å². The lowest BCUT2D eigenvalue weighted by atomic mass is 10.1. The van der Waals surface area contributed by atoms with Gasteiger partial charge in [0.05, 0.1) is 6.61 Å². The fourth-order valence-corrected chi connectivity index (χ4v) is 3.32. The number of halogens is 1. The summed E-state index contributed by atoms with van der Waals surface area (Å²) in [5.74, 6) is 0.584. The summed E-state index contributed by atoms with van der Waals surface area (Å²) in [6.45, 7) is 5.58. The third-order valence-corrected chi connectivity index (χ3v) is 4.72. The third-order valence-electron chi connectivity index (χ3n) is 4.72. The number of hydrogen-bond acceptors (Lipinski definition) is 3. The van der Waals surface area contributed by atoms with E-state index in [1.807, 2.05) is 13.1 Å². The standard InChI is InChI=1S/C19H26FN5O2/c1-3-27-19(26)25-10-8-24(9-11-25)18(21-2)22-7-6-14-13-23-17-12-15(20)4-5-16(14)17/h4-5,12-13,23H,3,6-11H2,1-2H3,(H,21,22). The van der Waals surface area contributed by atoms with Gasteiger partial charge in [0.2, 0.25) is 0 Å².